The second-order valence-electron chi connectivity index (χ2n) is 5.90. The Kier molecular flexibility index (Phi) is 2.13. The molecule has 2 aliphatic heterocycles. The SMILES string of the molecule is Cc1ccc2c(c1)O[C@]1(C(C)C)CC[C@@]2(C)O1. The van der Waals surface area contributed by atoms with Crippen LogP contribution in [0.25, 0.3) is 0 Å². The molecule has 0 saturated carbocycles. The summed E-state index contributed by atoms with van der Waals surface area (Å²) in [7, 11) is 0. The van der Waals surface area contributed by atoms with Crippen molar-refractivity contribution in [1.29, 1.82) is 0 Å². The van der Waals surface area contributed by atoms with E-state index >= 15 is 0 Å². The highest BCUT2D eigenvalue weighted by Crippen LogP contribution is 2.54. The lowest BCUT2D eigenvalue weighted by Gasteiger charge is -2.42. The summed E-state index contributed by atoms with van der Waals surface area (Å²) in [5, 5.41) is 0. The van der Waals surface area contributed by atoms with Crippen molar-refractivity contribution in [2.75, 3.05) is 0 Å². The number of benzene rings is 1. The molecule has 0 amide bonds. The zero-order valence-electron chi connectivity index (χ0n) is 11.0. The molecule has 1 fully saturated rings. The minimum absolute atomic E-state index is 0.161. The van der Waals surface area contributed by atoms with Gasteiger partial charge in [0.05, 0.1) is 5.60 Å². The molecule has 0 N–H and O–H groups in total. The third-order valence-electron chi connectivity index (χ3n) is 4.22. The lowest BCUT2D eigenvalue weighted by atomic mass is 9.91. The van der Waals surface area contributed by atoms with Gasteiger partial charge in [-0.3, -0.25) is 0 Å². The summed E-state index contributed by atoms with van der Waals surface area (Å²) in [5.41, 5.74) is 2.29. The number of hydrogen-bond acceptors (Lipinski definition) is 2. The van der Waals surface area contributed by atoms with Crippen molar-refractivity contribution < 1.29 is 9.47 Å². The zero-order chi connectivity index (χ0) is 12.3. The number of fused-ring (bicyclic) bond motifs is 4. The number of hydrogen-bond donors (Lipinski definition) is 0. The van der Waals surface area contributed by atoms with Gasteiger partial charge in [0.15, 0.2) is 0 Å². The van der Waals surface area contributed by atoms with Gasteiger partial charge in [-0.15, -0.1) is 0 Å². The molecule has 3 rings (SSSR count). The maximum atomic E-state index is 6.28. The molecule has 92 valence electrons. The van der Waals surface area contributed by atoms with E-state index in [1.807, 2.05) is 0 Å². The van der Waals surface area contributed by atoms with Crippen LogP contribution in [0.5, 0.6) is 5.75 Å². The van der Waals surface area contributed by atoms with E-state index in [0.29, 0.717) is 5.92 Å². The van der Waals surface area contributed by atoms with Gasteiger partial charge in [0.1, 0.15) is 5.75 Å². The van der Waals surface area contributed by atoms with Gasteiger partial charge in [0.25, 0.3) is 0 Å². The Bertz CT molecular complexity index is 466. The van der Waals surface area contributed by atoms with Crippen molar-refractivity contribution in [3.63, 3.8) is 0 Å². The molecule has 2 heterocycles. The molecule has 1 saturated heterocycles. The molecular weight excluding hydrogens is 212 g/mol. The van der Waals surface area contributed by atoms with Crippen molar-refractivity contribution in [2.45, 2.75) is 51.9 Å². The average molecular weight is 232 g/mol. The van der Waals surface area contributed by atoms with Crippen LogP contribution in [0, 0.1) is 12.8 Å². The highest BCUT2D eigenvalue weighted by atomic mass is 16.7. The van der Waals surface area contributed by atoms with E-state index in [1.54, 1.807) is 0 Å². The first-order valence-corrected chi connectivity index (χ1v) is 6.46. The molecule has 2 nitrogen and oxygen atoms in total. The van der Waals surface area contributed by atoms with E-state index in [1.165, 1.54) is 11.1 Å². The van der Waals surface area contributed by atoms with Gasteiger partial charge >= 0.3 is 0 Å². The summed E-state index contributed by atoms with van der Waals surface area (Å²) in [4.78, 5) is 0. The van der Waals surface area contributed by atoms with E-state index in [0.717, 1.165) is 18.6 Å². The third-order valence-corrected chi connectivity index (χ3v) is 4.22. The van der Waals surface area contributed by atoms with Gasteiger partial charge in [-0.05, 0) is 31.9 Å². The summed E-state index contributed by atoms with van der Waals surface area (Å²) < 4.78 is 12.5. The monoisotopic (exact) mass is 232 g/mol. The van der Waals surface area contributed by atoms with Gasteiger partial charge in [-0.2, -0.15) is 0 Å². The Morgan fingerprint density at radius 1 is 1.24 bits per heavy atom. The highest BCUT2D eigenvalue weighted by molar-refractivity contribution is 5.43. The minimum atomic E-state index is -0.407. The third kappa shape index (κ3) is 1.43. The van der Waals surface area contributed by atoms with Crippen molar-refractivity contribution in [2.24, 2.45) is 5.92 Å². The zero-order valence-corrected chi connectivity index (χ0v) is 11.0. The maximum Gasteiger partial charge on any atom is 0.213 e. The lowest BCUT2D eigenvalue weighted by Crippen LogP contribution is -2.46. The van der Waals surface area contributed by atoms with Gasteiger partial charge < -0.3 is 9.47 Å². The van der Waals surface area contributed by atoms with Crippen LogP contribution < -0.4 is 4.74 Å². The largest absolute Gasteiger partial charge is 0.462 e. The van der Waals surface area contributed by atoms with Crippen LogP contribution in [0.3, 0.4) is 0 Å². The fourth-order valence-electron chi connectivity index (χ4n) is 3.02. The molecule has 2 aliphatic rings. The Morgan fingerprint density at radius 3 is 2.71 bits per heavy atom. The maximum absolute atomic E-state index is 6.28. The topological polar surface area (TPSA) is 18.5 Å². The van der Waals surface area contributed by atoms with Crippen molar-refractivity contribution >= 4 is 0 Å². The average Bonchev–Trinajstić information content (AvgIpc) is 2.53. The van der Waals surface area contributed by atoms with Crippen LogP contribution in [0.2, 0.25) is 0 Å². The highest BCUT2D eigenvalue weighted by Gasteiger charge is 2.55. The first-order chi connectivity index (χ1) is 7.95. The van der Waals surface area contributed by atoms with Crippen LogP contribution in [0.15, 0.2) is 18.2 Å². The predicted octanol–water partition coefficient (Wildman–Crippen LogP) is 3.77. The second kappa shape index (κ2) is 3.26. The van der Waals surface area contributed by atoms with E-state index in [9.17, 15) is 0 Å². The minimum Gasteiger partial charge on any atom is -0.462 e. The summed E-state index contributed by atoms with van der Waals surface area (Å²) in [5.74, 6) is 0.984. The molecule has 1 aromatic rings. The second-order valence-corrected chi connectivity index (χ2v) is 5.90. The standard InChI is InChI=1S/C15H20O2/c1-10(2)15-8-7-14(4,17-15)12-6-5-11(3)9-13(12)16-15/h5-6,9-10H,7-8H2,1-4H3/t14-,15-/m1/s1. The van der Waals surface area contributed by atoms with Gasteiger partial charge in [0, 0.05) is 17.9 Å². The molecular formula is C15H20O2. The summed E-state index contributed by atoms with van der Waals surface area (Å²) in [6.07, 6.45) is 2.02. The Balaban J connectivity index is 2.14. The fraction of sp³-hybridized carbons (Fsp3) is 0.600. The summed E-state index contributed by atoms with van der Waals surface area (Å²) in [6, 6.07) is 6.43. The van der Waals surface area contributed by atoms with Gasteiger partial charge in [0.2, 0.25) is 5.79 Å². The van der Waals surface area contributed by atoms with Gasteiger partial charge in [-0.25, -0.2) is 0 Å². The Labute approximate surface area is 103 Å². The first-order valence-electron chi connectivity index (χ1n) is 6.46. The molecule has 0 aliphatic carbocycles. The number of ether oxygens (including phenoxy) is 2. The molecule has 0 radical (unpaired) electrons. The van der Waals surface area contributed by atoms with Gasteiger partial charge in [-0.1, -0.05) is 26.0 Å². The van der Waals surface area contributed by atoms with E-state index < -0.39 is 5.79 Å². The first kappa shape index (κ1) is 11.1. The van der Waals surface area contributed by atoms with Crippen molar-refractivity contribution in [3.8, 4) is 5.75 Å². The van der Waals surface area contributed by atoms with E-state index in [2.05, 4.69) is 45.9 Å². The smallest absolute Gasteiger partial charge is 0.213 e. The van der Waals surface area contributed by atoms with Crippen LogP contribution >= 0.6 is 0 Å². The van der Waals surface area contributed by atoms with E-state index in [4.69, 9.17) is 9.47 Å². The van der Waals surface area contributed by atoms with Crippen LogP contribution in [-0.2, 0) is 10.3 Å². The van der Waals surface area contributed by atoms with Crippen molar-refractivity contribution in [3.05, 3.63) is 29.3 Å². The fourth-order valence-corrected chi connectivity index (χ4v) is 3.02. The number of rotatable bonds is 1. The number of aryl methyl sites for hydroxylation is 1. The normalized spacial score (nSPS) is 34.6. The Morgan fingerprint density at radius 2 is 2.00 bits per heavy atom. The molecule has 1 aromatic carbocycles. The molecule has 0 unspecified atom stereocenters. The predicted molar refractivity (Wildman–Crippen MR) is 67.0 cm³/mol. The Hall–Kier alpha value is -1.02. The lowest BCUT2D eigenvalue weighted by molar-refractivity contribution is -0.244. The molecule has 0 aromatic heterocycles. The molecule has 2 heteroatoms. The van der Waals surface area contributed by atoms with E-state index in [-0.39, 0.29) is 5.60 Å². The molecule has 2 bridgehead atoms. The molecule has 17 heavy (non-hydrogen) atoms. The summed E-state index contributed by atoms with van der Waals surface area (Å²) in [6.45, 7) is 8.64. The summed E-state index contributed by atoms with van der Waals surface area (Å²) >= 11 is 0. The molecule has 2 atom stereocenters. The van der Waals surface area contributed by atoms with Crippen LogP contribution in [0.4, 0.5) is 0 Å². The van der Waals surface area contributed by atoms with Crippen molar-refractivity contribution in [1.82, 2.24) is 0 Å². The van der Waals surface area contributed by atoms with Crippen LogP contribution in [0.1, 0.15) is 44.7 Å². The quantitative estimate of drug-likeness (QED) is 0.734. The van der Waals surface area contributed by atoms with Crippen LogP contribution in [-0.4, -0.2) is 5.79 Å². The molecule has 0 spiro atoms.